The summed E-state index contributed by atoms with van der Waals surface area (Å²) in [6.45, 7) is -0.275. The molecule has 0 saturated heterocycles. The maximum Gasteiger partial charge on any atom is 0.202 e. The van der Waals surface area contributed by atoms with Gasteiger partial charge in [0.05, 0.1) is 16.6 Å². The van der Waals surface area contributed by atoms with E-state index >= 15 is 0 Å². The molecule has 0 fully saturated rings. The largest absolute Gasteiger partial charge is 0.412 e. The van der Waals surface area contributed by atoms with Crippen LogP contribution in [-0.2, 0) is 31.1 Å². The van der Waals surface area contributed by atoms with E-state index in [1.165, 1.54) is 0 Å². The fourth-order valence-electron chi connectivity index (χ4n) is 1.74. The minimum absolute atomic E-state index is 0.275. The first-order chi connectivity index (χ1) is 9.27. The monoisotopic (exact) mass is 314 g/mol. The summed E-state index contributed by atoms with van der Waals surface area (Å²) in [6.07, 6.45) is 0.686. The minimum atomic E-state index is -4.47. The molecule has 108 valence electrons. The third-order valence-corrected chi connectivity index (χ3v) is 4.70. The maximum atomic E-state index is 11.4. The standard InChI is InChI=1S/C12H12NO5S2/c1-19(14,15)13-20(16,17)18-9-11-7-4-6-10-5-2-3-8-12(10)11/h2-8H,9H2,1H3/q-1. The summed E-state index contributed by atoms with van der Waals surface area (Å²) in [5.41, 5.74) is 0.635. The number of hydrogen-bond donors (Lipinski definition) is 0. The zero-order valence-corrected chi connectivity index (χ0v) is 12.2. The summed E-state index contributed by atoms with van der Waals surface area (Å²) in [6, 6.07) is 12.8. The van der Waals surface area contributed by atoms with E-state index in [2.05, 4.69) is 8.31 Å². The van der Waals surface area contributed by atoms with Gasteiger partial charge in [0.2, 0.25) is 10.3 Å². The molecule has 6 nitrogen and oxygen atoms in total. The van der Waals surface area contributed by atoms with Gasteiger partial charge in [-0.05, 0) is 16.3 Å². The number of fused-ring (bicyclic) bond motifs is 1. The van der Waals surface area contributed by atoms with Crippen LogP contribution in [-0.4, -0.2) is 23.1 Å². The van der Waals surface area contributed by atoms with Gasteiger partial charge in [0.15, 0.2) is 0 Å². The van der Waals surface area contributed by atoms with Gasteiger partial charge in [0.1, 0.15) is 0 Å². The Morgan fingerprint density at radius 3 is 2.35 bits per heavy atom. The molecule has 0 unspecified atom stereocenters. The molecule has 0 N–H and O–H groups in total. The molecule has 0 radical (unpaired) electrons. The molecule has 2 rings (SSSR count). The van der Waals surface area contributed by atoms with Crippen LogP contribution in [0.15, 0.2) is 42.5 Å². The van der Waals surface area contributed by atoms with E-state index in [0.29, 0.717) is 11.8 Å². The molecule has 0 spiro atoms. The maximum absolute atomic E-state index is 11.4. The van der Waals surface area contributed by atoms with E-state index in [9.17, 15) is 16.8 Å². The summed E-state index contributed by atoms with van der Waals surface area (Å²) in [4.78, 5) is 0. The topological polar surface area (TPSA) is 91.6 Å². The third-order valence-electron chi connectivity index (χ3n) is 2.47. The van der Waals surface area contributed by atoms with Gasteiger partial charge in [-0.2, -0.15) is 0 Å². The second-order valence-electron chi connectivity index (χ2n) is 4.14. The van der Waals surface area contributed by atoms with Gasteiger partial charge in [-0.3, -0.25) is 4.18 Å². The highest BCUT2D eigenvalue weighted by Crippen LogP contribution is 2.21. The van der Waals surface area contributed by atoms with Crippen molar-refractivity contribution in [3.05, 3.63) is 52.2 Å². The highest BCUT2D eigenvalue weighted by Gasteiger charge is 2.07. The Hall–Kier alpha value is -1.48. The van der Waals surface area contributed by atoms with Crippen LogP contribution in [0.5, 0.6) is 0 Å². The molecule has 2 aromatic rings. The van der Waals surface area contributed by atoms with Crippen molar-refractivity contribution in [1.82, 2.24) is 0 Å². The lowest BCUT2D eigenvalue weighted by Crippen LogP contribution is -2.09. The van der Waals surface area contributed by atoms with E-state index in [-0.39, 0.29) is 6.61 Å². The fourth-order valence-corrected chi connectivity index (χ4v) is 3.52. The van der Waals surface area contributed by atoms with Crippen LogP contribution in [0.25, 0.3) is 14.9 Å². The van der Waals surface area contributed by atoms with Crippen LogP contribution in [0, 0.1) is 0 Å². The number of nitrogens with zero attached hydrogens (tertiary/aromatic N) is 1. The van der Waals surface area contributed by atoms with Gasteiger partial charge in [0.25, 0.3) is 0 Å². The van der Waals surface area contributed by atoms with Crippen LogP contribution >= 0.6 is 0 Å². The molecule has 0 aliphatic rings. The molecule has 0 aliphatic heterocycles. The summed E-state index contributed by atoms with van der Waals surface area (Å²) in [5.74, 6) is 0. The summed E-state index contributed by atoms with van der Waals surface area (Å²) in [7, 11) is -8.49. The molecule has 8 heteroatoms. The Bertz CT molecular complexity index is 823. The first kappa shape index (κ1) is 14.9. The van der Waals surface area contributed by atoms with Gasteiger partial charge in [-0.25, -0.2) is 16.8 Å². The number of hydrogen-bond acceptors (Lipinski definition) is 5. The van der Waals surface area contributed by atoms with Crippen molar-refractivity contribution in [2.75, 3.05) is 6.26 Å². The minimum Gasteiger partial charge on any atom is -0.412 e. The summed E-state index contributed by atoms with van der Waals surface area (Å²) < 4.78 is 51.7. The Labute approximate surface area is 117 Å². The molecule has 0 amide bonds. The molecule has 0 bridgehead atoms. The van der Waals surface area contributed by atoms with Crippen LogP contribution < -0.4 is 0 Å². The molecule has 0 aliphatic carbocycles. The van der Waals surface area contributed by atoms with Crippen molar-refractivity contribution in [1.29, 1.82) is 0 Å². The second kappa shape index (κ2) is 5.49. The van der Waals surface area contributed by atoms with Gasteiger partial charge >= 0.3 is 0 Å². The van der Waals surface area contributed by atoms with E-state index in [4.69, 9.17) is 0 Å². The first-order valence-corrected chi connectivity index (χ1v) is 8.78. The van der Waals surface area contributed by atoms with Crippen LogP contribution in [0.2, 0.25) is 0 Å². The molecule has 0 aromatic heterocycles. The smallest absolute Gasteiger partial charge is 0.202 e. The van der Waals surface area contributed by atoms with Gasteiger partial charge in [-0.1, -0.05) is 42.5 Å². The van der Waals surface area contributed by atoms with Crippen molar-refractivity contribution < 1.29 is 21.0 Å². The lowest BCUT2D eigenvalue weighted by Gasteiger charge is -2.17. The van der Waals surface area contributed by atoms with Crippen molar-refractivity contribution in [3.63, 3.8) is 0 Å². The average Bonchev–Trinajstić information content (AvgIpc) is 2.33. The normalized spacial score (nSPS) is 12.7. The fraction of sp³-hybridized carbons (Fsp3) is 0.167. The molecule has 0 saturated carbocycles. The summed E-state index contributed by atoms with van der Waals surface area (Å²) in [5, 5.41) is 1.77. The lowest BCUT2D eigenvalue weighted by molar-refractivity contribution is 0.315. The van der Waals surface area contributed by atoms with E-state index in [0.717, 1.165) is 10.8 Å². The Kier molecular flexibility index (Phi) is 4.09. The predicted octanol–water partition coefficient (Wildman–Crippen LogP) is 1.93. The zero-order chi connectivity index (χ0) is 14.8. The van der Waals surface area contributed by atoms with Crippen LogP contribution in [0.3, 0.4) is 0 Å². The molecular weight excluding hydrogens is 302 g/mol. The van der Waals surface area contributed by atoms with Crippen molar-refractivity contribution in [3.8, 4) is 0 Å². The van der Waals surface area contributed by atoms with Crippen LogP contribution in [0.1, 0.15) is 5.56 Å². The van der Waals surface area contributed by atoms with Crippen molar-refractivity contribution >= 4 is 31.1 Å². The van der Waals surface area contributed by atoms with Crippen molar-refractivity contribution in [2.24, 2.45) is 0 Å². The number of rotatable bonds is 5. The van der Waals surface area contributed by atoms with Crippen LogP contribution in [0.4, 0.5) is 0 Å². The number of benzene rings is 2. The number of sulfonamides is 1. The molecule has 20 heavy (non-hydrogen) atoms. The average molecular weight is 314 g/mol. The first-order valence-electron chi connectivity index (χ1n) is 5.57. The van der Waals surface area contributed by atoms with Gasteiger partial charge < -0.3 is 4.13 Å². The molecular formula is C12H12NO5S2-. The Balaban J connectivity index is 2.22. The highest BCUT2D eigenvalue weighted by molar-refractivity contribution is 8.09. The SMILES string of the molecule is CS(=O)(=O)[N-]S(=O)(=O)OCc1cccc2ccccc12. The second-order valence-corrected chi connectivity index (χ2v) is 7.29. The van der Waals surface area contributed by atoms with E-state index in [1.54, 1.807) is 12.1 Å². The lowest BCUT2D eigenvalue weighted by atomic mass is 10.1. The third kappa shape index (κ3) is 4.01. The summed E-state index contributed by atoms with van der Waals surface area (Å²) >= 11 is 0. The molecule has 0 heterocycles. The predicted molar refractivity (Wildman–Crippen MR) is 75.9 cm³/mol. The Morgan fingerprint density at radius 2 is 1.65 bits per heavy atom. The molecule has 2 aromatic carbocycles. The zero-order valence-electron chi connectivity index (χ0n) is 10.6. The van der Waals surface area contributed by atoms with Gasteiger partial charge in [-0.15, -0.1) is 0 Å². The Morgan fingerprint density at radius 1 is 1.00 bits per heavy atom. The van der Waals surface area contributed by atoms with E-state index < -0.39 is 20.3 Å². The quantitative estimate of drug-likeness (QED) is 0.841. The van der Waals surface area contributed by atoms with E-state index in [1.807, 2.05) is 30.3 Å². The van der Waals surface area contributed by atoms with Gasteiger partial charge in [0, 0.05) is 6.26 Å². The highest BCUT2D eigenvalue weighted by atomic mass is 32.3. The molecule has 0 atom stereocenters. The van der Waals surface area contributed by atoms with Crippen molar-refractivity contribution in [2.45, 2.75) is 6.61 Å².